The minimum absolute atomic E-state index is 0.722. The molecule has 0 saturated carbocycles. The maximum absolute atomic E-state index is 3.22. The van der Waals surface area contributed by atoms with Crippen LogP contribution >= 0.6 is 11.8 Å². The first-order valence-electron chi connectivity index (χ1n) is 5.48. The van der Waals surface area contributed by atoms with Crippen molar-refractivity contribution in [2.24, 2.45) is 5.92 Å². The van der Waals surface area contributed by atoms with Gasteiger partial charge in [0.2, 0.25) is 0 Å². The molecule has 1 aromatic rings. The van der Waals surface area contributed by atoms with Gasteiger partial charge in [-0.3, -0.25) is 0 Å². The van der Waals surface area contributed by atoms with Gasteiger partial charge >= 0.3 is 0 Å². The van der Waals surface area contributed by atoms with Crippen molar-refractivity contribution >= 4 is 11.8 Å². The smallest absolute Gasteiger partial charge is 0.0104 e. The van der Waals surface area contributed by atoms with Gasteiger partial charge in [0, 0.05) is 10.6 Å². The Morgan fingerprint density at radius 1 is 1.33 bits per heavy atom. The van der Waals surface area contributed by atoms with Crippen molar-refractivity contribution in [2.45, 2.75) is 25.7 Å². The molecule has 0 amide bonds. The maximum Gasteiger partial charge on any atom is 0.0104 e. The Hall–Kier alpha value is -0.470. The molecule has 0 aliphatic rings. The van der Waals surface area contributed by atoms with Gasteiger partial charge in [0.25, 0.3) is 0 Å². The molecular weight excluding hydrogens is 202 g/mol. The van der Waals surface area contributed by atoms with Crippen molar-refractivity contribution in [1.29, 1.82) is 0 Å². The van der Waals surface area contributed by atoms with E-state index in [0.29, 0.717) is 0 Å². The van der Waals surface area contributed by atoms with E-state index in [1.807, 2.05) is 18.8 Å². The summed E-state index contributed by atoms with van der Waals surface area (Å²) in [5, 5.41) is 3.22. The summed E-state index contributed by atoms with van der Waals surface area (Å²) in [5.41, 5.74) is 2.74. The average Bonchev–Trinajstić information content (AvgIpc) is 2.20. The number of rotatable bonds is 5. The molecule has 1 N–H and O–H groups in total. The van der Waals surface area contributed by atoms with Gasteiger partial charge in [-0.2, -0.15) is 0 Å². The molecule has 0 aromatic heterocycles. The van der Waals surface area contributed by atoms with Gasteiger partial charge in [0.05, 0.1) is 0 Å². The summed E-state index contributed by atoms with van der Waals surface area (Å²) in [6, 6.07) is 6.67. The van der Waals surface area contributed by atoms with E-state index >= 15 is 0 Å². The standard InChI is InChI=1S/C13H21NS/c1-10-5-6-12(3)13(7-10)15-9-11(2)8-14-4/h5-7,11,14H,8-9H2,1-4H3. The van der Waals surface area contributed by atoms with Crippen LogP contribution < -0.4 is 5.32 Å². The Bertz CT molecular complexity index is 309. The highest BCUT2D eigenvalue weighted by Gasteiger charge is 2.04. The zero-order chi connectivity index (χ0) is 11.3. The molecule has 1 aromatic carbocycles. The number of benzene rings is 1. The first-order valence-corrected chi connectivity index (χ1v) is 6.46. The topological polar surface area (TPSA) is 12.0 Å². The highest BCUT2D eigenvalue weighted by atomic mass is 32.2. The van der Waals surface area contributed by atoms with Crippen LogP contribution in [0.2, 0.25) is 0 Å². The predicted octanol–water partition coefficient (Wildman–Crippen LogP) is 3.25. The van der Waals surface area contributed by atoms with Gasteiger partial charge in [-0.05, 0) is 45.0 Å². The third kappa shape index (κ3) is 4.27. The second-order valence-electron chi connectivity index (χ2n) is 4.24. The monoisotopic (exact) mass is 223 g/mol. The summed E-state index contributed by atoms with van der Waals surface area (Å²) in [7, 11) is 2.01. The highest BCUT2D eigenvalue weighted by molar-refractivity contribution is 7.99. The van der Waals surface area contributed by atoms with Crippen molar-refractivity contribution in [3.8, 4) is 0 Å². The molecule has 1 nitrogen and oxygen atoms in total. The lowest BCUT2D eigenvalue weighted by Crippen LogP contribution is -2.17. The van der Waals surface area contributed by atoms with E-state index in [9.17, 15) is 0 Å². The van der Waals surface area contributed by atoms with Crippen molar-refractivity contribution in [3.63, 3.8) is 0 Å². The molecule has 0 bridgehead atoms. The SMILES string of the molecule is CNCC(C)CSc1cc(C)ccc1C. The summed E-state index contributed by atoms with van der Waals surface area (Å²) in [6.07, 6.45) is 0. The van der Waals surface area contributed by atoms with Gasteiger partial charge in [-0.25, -0.2) is 0 Å². The second-order valence-corrected chi connectivity index (χ2v) is 5.30. The zero-order valence-corrected chi connectivity index (χ0v) is 10.9. The molecule has 0 aliphatic carbocycles. The summed E-state index contributed by atoms with van der Waals surface area (Å²) in [5.74, 6) is 1.91. The Morgan fingerprint density at radius 3 is 2.73 bits per heavy atom. The fourth-order valence-corrected chi connectivity index (χ4v) is 2.65. The third-order valence-electron chi connectivity index (χ3n) is 2.42. The molecular formula is C13H21NS. The Labute approximate surface area is 97.7 Å². The molecule has 0 radical (unpaired) electrons. The van der Waals surface area contributed by atoms with Gasteiger partial charge < -0.3 is 5.32 Å². The van der Waals surface area contributed by atoms with E-state index in [2.05, 4.69) is 44.3 Å². The van der Waals surface area contributed by atoms with Crippen LogP contribution in [0.25, 0.3) is 0 Å². The largest absolute Gasteiger partial charge is 0.319 e. The molecule has 1 unspecified atom stereocenters. The Balaban J connectivity index is 2.53. The molecule has 0 spiro atoms. The van der Waals surface area contributed by atoms with E-state index in [4.69, 9.17) is 0 Å². The third-order valence-corrected chi connectivity index (χ3v) is 3.91. The normalized spacial score (nSPS) is 12.8. The zero-order valence-electron chi connectivity index (χ0n) is 10.1. The first-order chi connectivity index (χ1) is 7.13. The second kappa shape index (κ2) is 6.19. The molecule has 15 heavy (non-hydrogen) atoms. The average molecular weight is 223 g/mol. The summed E-state index contributed by atoms with van der Waals surface area (Å²) in [4.78, 5) is 1.43. The van der Waals surface area contributed by atoms with E-state index < -0.39 is 0 Å². The lowest BCUT2D eigenvalue weighted by Gasteiger charge is -2.11. The minimum atomic E-state index is 0.722. The van der Waals surface area contributed by atoms with Crippen molar-refractivity contribution < 1.29 is 0 Å². The van der Waals surface area contributed by atoms with E-state index in [1.54, 1.807) is 0 Å². The summed E-state index contributed by atoms with van der Waals surface area (Å²) < 4.78 is 0. The molecule has 84 valence electrons. The van der Waals surface area contributed by atoms with Gasteiger partial charge in [-0.15, -0.1) is 11.8 Å². The fraction of sp³-hybridized carbons (Fsp3) is 0.538. The van der Waals surface area contributed by atoms with E-state index in [1.165, 1.54) is 21.8 Å². The number of nitrogens with one attached hydrogen (secondary N) is 1. The highest BCUT2D eigenvalue weighted by Crippen LogP contribution is 2.25. The first kappa shape index (κ1) is 12.6. The van der Waals surface area contributed by atoms with Crippen LogP contribution in [0.5, 0.6) is 0 Å². The van der Waals surface area contributed by atoms with Crippen molar-refractivity contribution in [1.82, 2.24) is 5.32 Å². The van der Waals surface area contributed by atoms with Crippen LogP contribution in [0.15, 0.2) is 23.1 Å². The van der Waals surface area contributed by atoms with Crippen molar-refractivity contribution in [2.75, 3.05) is 19.3 Å². The lowest BCUT2D eigenvalue weighted by atomic mass is 10.2. The number of thioether (sulfide) groups is 1. The maximum atomic E-state index is 3.22. The number of hydrogen-bond donors (Lipinski definition) is 1. The Kier molecular flexibility index (Phi) is 5.20. The van der Waals surface area contributed by atoms with Gasteiger partial charge in [0.15, 0.2) is 0 Å². The van der Waals surface area contributed by atoms with Crippen molar-refractivity contribution in [3.05, 3.63) is 29.3 Å². The van der Waals surface area contributed by atoms with Crippen LogP contribution in [0.4, 0.5) is 0 Å². The van der Waals surface area contributed by atoms with Crippen LogP contribution in [-0.4, -0.2) is 19.3 Å². The summed E-state index contributed by atoms with van der Waals surface area (Å²) >= 11 is 1.97. The van der Waals surface area contributed by atoms with Crippen LogP contribution in [0.3, 0.4) is 0 Å². The minimum Gasteiger partial charge on any atom is -0.319 e. The fourth-order valence-electron chi connectivity index (χ4n) is 1.50. The number of aryl methyl sites for hydroxylation is 2. The molecule has 2 heteroatoms. The van der Waals surface area contributed by atoms with Crippen LogP contribution in [-0.2, 0) is 0 Å². The molecule has 0 saturated heterocycles. The molecule has 0 aliphatic heterocycles. The Morgan fingerprint density at radius 2 is 2.07 bits per heavy atom. The summed E-state index contributed by atoms with van der Waals surface area (Å²) in [6.45, 7) is 7.72. The quantitative estimate of drug-likeness (QED) is 0.769. The van der Waals surface area contributed by atoms with Crippen LogP contribution in [0, 0.1) is 19.8 Å². The molecule has 0 fully saturated rings. The van der Waals surface area contributed by atoms with Crippen LogP contribution in [0.1, 0.15) is 18.1 Å². The lowest BCUT2D eigenvalue weighted by molar-refractivity contribution is 0.603. The molecule has 0 heterocycles. The number of hydrogen-bond acceptors (Lipinski definition) is 2. The predicted molar refractivity (Wildman–Crippen MR) is 69.7 cm³/mol. The van der Waals surface area contributed by atoms with Gasteiger partial charge in [0.1, 0.15) is 0 Å². The molecule has 1 atom stereocenters. The van der Waals surface area contributed by atoms with E-state index in [-0.39, 0.29) is 0 Å². The van der Waals surface area contributed by atoms with E-state index in [0.717, 1.165) is 12.5 Å². The van der Waals surface area contributed by atoms with Gasteiger partial charge in [-0.1, -0.05) is 24.6 Å². The molecule has 1 rings (SSSR count).